The highest BCUT2D eigenvalue weighted by Crippen LogP contribution is 2.26. The number of fused-ring (bicyclic) bond motifs is 1. The molecule has 0 fully saturated rings. The molecule has 0 bridgehead atoms. The highest BCUT2D eigenvalue weighted by Gasteiger charge is 2.24. The molecule has 0 spiro atoms. The first kappa shape index (κ1) is 21.2. The molecule has 0 unspecified atom stereocenters. The number of aryl methyl sites for hydroxylation is 1. The Morgan fingerprint density at radius 1 is 1.00 bits per heavy atom. The van der Waals surface area contributed by atoms with Crippen molar-refractivity contribution in [3.8, 4) is 5.75 Å². The molecule has 0 amide bonds. The molecule has 158 valence electrons. The Morgan fingerprint density at radius 2 is 1.71 bits per heavy atom. The second-order valence-corrected chi connectivity index (χ2v) is 9.57. The van der Waals surface area contributed by atoms with Crippen molar-refractivity contribution in [1.29, 1.82) is 0 Å². The van der Waals surface area contributed by atoms with Crippen LogP contribution in [0.4, 0.5) is 0 Å². The molecular weight excluding hydrogens is 434 g/mol. The predicted molar refractivity (Wildman–Crippen MR) is 122 cm³/mol. The van der Waals surface area contributed by atoms with Crippen LogP contribution in [0.3, 0.4) is 0 Å². The third kappa shape index (κ3) is 3.96. The van der Waals surface area contributed by atoms with Gasteiger partial charge >= 0.3 is 0 Å². The molecule has 7 heteroatoms. The van der Waals surface area contributed by atoms with Crippen molar-refractivity contribution in [3.05, 3.63) is 99.3 Å². The molecular formula is C24H20ClNO4S. The molecule has 4 rings (SSSR count). The van der Waals surface area contributed by atoms with Gasteiger partial charge in [-0.05, 0) is 48.9 Å². The summed E-state index contributed by atoms with van der Waals surface area (Å²) in [5, 5.41) is 0.824. The molecule has 0 N–H and O–H groups in total. The monoisotopic (exact) mass is 453 g/mol. The molecule has 0 radical (unpaired) electrons. The SMILES string of the molecule is COc1ccc2c(c1)c(=O)c(S(=O)(=O)c1ccc(C)cc1)cn2Cc1ccccc1Cl. The number of nitrogens with zero attached hydrogens (tertiary/aromatic N) is 1. The smallest absolute Gasteiger partial charge is 0.211 e. The fourth-order valence-electron chi connectivity index (χ4n) is 3.45. The predicted octanol–water partition coefficient (Wildman–Crippen LogP) is 4.85. The Hall–Kier alpha value is -3.09. The number of hydrogen-bond donors (Lipinski definition) is 0. The summed E-state index contributed by atoms with van der Waals surface area (Å²) >= 11 is 6.33. The van der Waals surface area contributed by atoms with Crippen molar-refractivity contribution >= 4 is 32.3 Å². The average Bonchev–Trinajstić information content (AvgIpc) is 2.77. The number of ether oxygens (including phenoxy) is 1. The number of rotatable bonds is 5. The highest BCUT2D eigenvalue weighted by atomic mass is 35.5. The molecule has 0 atom stereocenters. The minimum atomic E-state index is -4.03. The molecule has 0 saturated heterocycles. The van der Waals surface area contributed by atoms with Gasteiger partial charge < -0.3 is 9.30 Å². The first-order valence-corrected chi connectivity index (χ1v) is 11.4. The Bertz CT molecular complexity index is 1440. The lowest BCUT2D eigenvalue weighted by molar-refractivity contribution is 0.415. The third-order valence-electron chi connectivity index (χ3n) is 5.17. The number of benzene rings is 3. The van der Waals surface area contributed by atoms with Crippen LogP contribution in [0.2, 0.25) is 5.02 Å². The molecule has 31 heavy (non-hydrogen) atoms. The number of aromatic nitrogens is 1. The third-order valence-corrected chi connectivity index (χ3v) is 7.31. The molecule has 3 aromatic carbocycles. The largest absolute Gasteiger partial charge is 0.497 e. The van der Waals surface area contributed by atoms with Crippen LogP contribution in [0.25, 0.3) is 10.9 Å². The molecule has 4 aromatic rings. The van der Waals surface area contributed by atoms with E-state index < -0.39 is 15.3 Å². The number of sulfone groups is 1. The van der Waals surface area contributed by atoms with E-state index in [-0.39, 0.29) is 15.2 Å². The van der Waals surface area contributed by atoms with E-state index in [0.717, 1.165) is 11.1 Å². The molecule has 0 saturated carbocycles. The summed E-state index contributed by atoms with van der Waals surface area (Å²) in [6, 6.07) is 18.8. The van der Waals surface area contributed by atoms with Crippen LogP contribution in [0.5, 0.6) is 5.75 Å². The summed E-state index contributed by atoms with van der Waals surface area (Å²) in [5.41, 5.74) is 1.76. The summed E-state index contributed by atoms with van der Waals surface area (Å²) < 4.78 is 33.7. The summed E-state index contributed by atoms with van der Waals surface area (Å²) in [6.07, 6.45) is 1.40. The van der Waals surface area contributed by atoms with E-state index in [0.29, 0.717) is 22.8 Å². The Morgan fingerprint density at radius 3 is 2.39 bits per heavy atom. The number of hydrogen-bond acceptors (Lipinski definition) is 4. The van der Waals surface area contributed by atoms with Crippen LogP contribution in [0.1, 0.15) is 11.1 Å². The fourth-order valence-corrected chi connectivity index (χ4v) is 5.02. The van der Waals surface area contributed by atoms with Gasteiger partial charge in [-0.3, -0.25) is 4.79 Å². The van der Waals surface area contributed by atoms with Crippen molar-refractivity contribution in [2.24, 2.45) is 0 Å². The molecule has 0 aliphatic rings. The lowest BCUT2D eigenvalue weighted by atomic mass is 10.1. The van der Waals surface area contributed by atoms with Crippen LogP contribution in [-0.4, -0.2) is 20.1 Å². The maximum Gasteiger partial charge on any atom is 0.211 e. The standard InChI is InChI=1S/C24H20ClNO4S/c1-16-7-10-19(11-8-16)31(28,29)23-15-26(14-17-5-3-4-6-21(17)25)22-12-9-18(30-2)13-20(22)24(23)27/h3-13,15H,14H2,1-2H3. The lowest BCUT2D eigenvalue weighted by Crippen LogP contribution is -2.20. The number of methoxy groups -OCH3 is 1. The van der Waals surface area contributed by atoms with Crippen LogP contribution in [0.15, 0.2) is 87.5 Å². The second-order valence-electron chi connectivity index (χ2n) is 7.24. The van der Waals surface area contributed by atoms with Crippen molar-refractivity contribution in [2.45, 2.75) is 23.3 Å². The normalized spacial score (nSPS) is 11.6. The van der Waals surface area contributed by atoms with Crippen LogP contribution in [0, 0.1) is 6.92 Å². The van der Waals surface area contributed by atoms with E-state index in [9.17, 15) is 13.2 Å². The minimum absolute atomic E-state index is 0.0711. The number of halogens is 1. The van der Waals surface area contributed by atoms with Gasteiger partial charge in [0.2, 0.25) is 15.3 Å². The van der Waals surface area contributed by atoms with Crippen molar-refractivity contribution < 1.29 is 13.2 Å². The van der Waals surface area contributed by atoms with Crippen LogP contribution >= 0.6 is 11.6 Å². The van der Waals surface area contributed by atoms with E-state index in [2.05, 4.69) is 0 Å². The quantitative estimate of drug-likeness (QED) is 0.433. The average molecular weight is 454 g/mol. The molecule has 5 nitrogen and oxygen atoms in total. The molecule has 1 aromatic heterocycles. The summed E-state index contributed by atoms with van der Waals surface area (Å²) in [7, 11) is -2.53. The van der Waals surface area contributed by atoms with Gasteiger partial charge in [-0.1, -0.05) is 47.5 Å². The van der Waals surface area contributed by atoms with Gasteiger partial charge in [0.15, 0.2) is 0 Å². The zero-order valence-electron chi connectivity index (χ0n) is 17.0. The van der Waals surface area contributed by atoms with Gasteiger partial charge in [0.1, 0.15) is 10.6 Å². The van der Waals surface area contributed by atoms with Gasteiger partial charge in [0.05, 0.1) is 22.9 Å². The summed E-state index contributed by atoms with van der Waals surface area (Å²) in [5.74, 6) is 0.471. The topological polar surface area (TPSA) is 65.4 Å². The second kappa shape index (κ2) is 8.21. The van der Waals surface area contributed by atoms with Gasteiger partial charge in [-0.2, -0.15) is 0 Å². The Balaban J connectivity index is 1.99. The zero-order chi connectivity index (χ0) is 22.2. The van der Waals surface area contributed by atoms with Gasteiger partial charge in [0, 0.05) is 17.8 Å². The Labute approximate surface area is 185 Å². The van der Waals surface area contributed by atoms with E-state index in [4.69, 9.17) is 16.3 Å². The fraction of sp³-hybridized carbons (Fsp3) is 0.125. The van der Waals surface area contributed by atoms with E-state index in [1.807, 2.05) is 25.1 Å². The minimum Gasteiger partial charge on any atom is -0.497 e. The van der Waals surface area contributed by atoms with Gasteiger partial charge in [-0.15, -0.1) is 0 Å². The van der Waals surface area contributed by atoms with E-state index in [1.165, 1.54) is 25.4 Å². The van der Waals surface area contributed by atoms with Gasteiger partial charge in [0.25, 0.3) is 0 Å². The molecule has 0 aliphatic carbocycles. The maximum absolute atomic E-state index is 13.4. The van der Waals surface area contributed by atoms with Crippen molar-refractivity contribution in [1.82, 2.24) is 4.57 Å². The molecule has 0 aliphatic heterocycles. The first-order valence-electron chi connectivity index (χ1n) is 9.57. The van der Waals surface area contributed by atoms with E-state index >= 15 is 0 Å². The first-order chi connectivity index (χ1) is 14.8. The van der Waals surface area contributed by atoms with Crippen molar-refractivity contribution in [3.63, 3.8) is 0 Å². The van der Waals surface area contributed by atoms with Gasteiger partial charge in [-0.25, -0.2) is 8.42 Å². The zero-order valence-corrected chi connectivity index (χ0v) is 18.6. The maximum atomic E-state index is 13.4. The Kier molecular flexibility index (Phi) is 5.60. The highest BCUT2D eigenvalue weighted by molar-refractivity contribution is 7.91. The van der Waals surface area contributed by atoms with Crippen LogP contribution < -0.4 is 10.2 Å². The lowest BCUT2D eigenvalue weighted by Gasteiger charge is -2.15. The van der Waals surface area contributed by atoms with Crippen LogP contribution in [-0.2, 0) is 16.4 Å². The summed E-state index contributed by atoms with van der Waals surface area (Å²) in [6.45, 7) is 2.18. The number of pyridine rings is 1. The molecule has 1 heterocycles. The summed E-state index contributed by atoms with van der Waals surface area (Å²) in [4.78, 5) is 13.1. The van der Waals surface area contributed by atoms with Crippen molar-refractivity contribution in [2.75, 3.05) is 7.11 Å². The van der Waals surface area contributed by atoms with E-state index in [1.54, 1.807) is 41.0 Å².